The van der Waals surface area contributed by atoms with Crippen molar-refractivity contribution in [2.45, 2.75) is 276 Å². The van der Waals surface area contributed by atoms with E-state index >= 15 is 0 Å². The van der Waals surface area contributed by atoms with Gasteiger partial charge in [0.05, 0.1) is 29.2 Å². The Labute approximate surface area is 423 Å². The van der Waals surface area contributed by atoms with Crippen molar-refractivity contribution in [3.8, 4) is 0 Å². The second kappa shape index (κ2) is 47.6. The van der Waals surface area contributed by atoms with E-state index in [4.69, 9.17) is 9.47 Å². The Hall–Kier alpha value is -1.45. The molecule has 0 aliphatic heterocycles. The van der Waals surface area contributed by atoms with Crippen LogP contribution in [-0.4, -0.2) is 38.1 Å². The van der Waals surface area contributed by atoms with E-state index in [0.717, 1.165) is 44.6 Å². The molecule has 0 heterocycles. The molecule has 0 aliphatic rings. The summed E-state index contributed by atoms with van der Waals surface area (Å²) < 4.78 is 47.0. The summed E-state index contributed by atoms with van der Waals surface area (Å²) in [6, 6.07) is 3.65. The number of hydrogen-bond donors (Lipinski definition) is 0. The molecule has 370 valence electrons. The minimum atomic E-state index is -5.02. The van der Waals surface area contributed by atoms with Crippen molar-refractivity contribution in [2.75, 3.05) is 13.2 Å². The van der Waals surface area contributed by atoms with Crippen molar-refractivity contribution >= 4 is 22.1 Å². The van der Waals surface area contributed by atoms with Crippen LogP contribution >= 0.6 is 0 Å². The van der Waals surface area contributed by atoms with Gasteiger partial charge in [0.25, 0.3) is 0 Å². The van der Waals surface area contributed by atoms with Gasteiger partial charge in [-0.05, 0) is 76.3 Å². The normalized spacial score (nSPS) is 11.7. The van der Waals surface area contributed by atoms with E-state index in [0.29, 0.717) is 12.8 Å². The molecule has 0 amide bonds. The molecule has 65 heavy (non-hydrogen) atoms. The topological polar surface area (TPSA) is 110 Å². The maximum atomic E-state index is 13.1. The maximum Gasteiger partial charge on any atom is 1.00 e. The zero-order valence-electron chi connectivity index (χ0n) is 42.5. The minimum absolute atomic E-state index is 0. The average molecular weight is 937 g/mol. The van der Waals surface area contributed by atoms with Crippen molar-refractivity contribution in [2.24, 2.45) is 0 Å². The average Bonchev–Trinajstić information content (AvgIpc) is 3.28. The number of allylic oxidation sites excluding steroid dienone is 4. The fourth-order valence-electron chi connectivity index (χ4n) is 8.42. The minimum Gasteiger partial charge on any atom is -0.744 e. The predicted octanol–water partition coefficient (Wildman–Crippen LogP) is 14.7. The van der Waals surface area contributed by atoms with Crippen molar-refractivity contribution in [3.63, 3.8) is 0 Å². The van der Waals surface area contributed by atoms with E-state index < -0.39 is 32.5 Å². The number of esters is 2. The smallest absolute Gasteiger partial charge is 0.744 e. The molecule has 0 saturated heterocycles. The summed E-state index contributed by atoms with van der Waals surface area (Å²) in [6.07, 6.45) is 59.1. The van der Waals surface area contributed by atoms with Gasteiger partial charge in [0, 0.05) is 0 Å². The van der Waals surface area contributed by atoms with Gasteiger partial charge in [0.1, 0.15) is 10.1 Å². The first-order chi connectivity index (χ1) is 31.3. The van der Waals surface area contributed by atoms with Crippen LogP contribution in [0.5, 0.6) is 0 Å². The second-order valence-electron chi connectivity index (χ2n) is 18.5. The Morgan fingerprint density at radius 3 is 1.02 bits per heavy atom. The molecule has 0 spiro atoms. The number of benzene rings is 1. The summed E-state index contributed by atoms with van der Waals surface area (Å²) in [5, 5.41) is 0. The number of carbonyl (C=O) groups excluding carboxylic acids is 2. The molecule has 1 aromatic carbocycles. The zero-order valence-corrected chi connectivity index (χ0v) is 45.3. The number of ether oxygens (including phenoxy) is 2. The van der Waals surface area contributed by atoms with Crippen LogP contribution in [0.25, 0.3) is 0 Å². The molecule has 7 nitrogen and oxygen atoms in total. The third-order valence-corrected chi connectivity index (χ3v) is 13.4. The van der Waals surface area contributed by atoms with Gasteiger partial charge < -0.3 is 14.0 Å². The van der Waals surface area contributed by atoms with Crippen LogP contribution in [0.15, 0.2) is 47.4 Å². The molecule has 0 radical (unpaired) electrons. The fourth-order valence-corrected chi connectivity index (χ4v) is 9.11. The number of carbonyl (C=O) groups is 2. The SMILES string of the molecule is CCCCCCCCCC/C=C/CCCCCCCCCCCCOC(=O)c1cccc(S(=O)(=O)[O-])c1C(=O)OCCCCCCCCCCCC/C=C/CCCCCCCCCC.[Na+]. The standard InChI is InChI=1S/C56H98O7S.Na/c1-3-5-7-9-11-13-15-17-19-21-23-25-27-29-31-33-35-37-39-41-43-45-50-62-55(57)52-48-47-49-53(64(59,60)61)54(52)56(58)63-51-46-44-42-40-38-36-34-32-30-28-26-24-22-20-18-16-14-12-10-8-6-4-2;/h21-24,47-49H,3-20,25-46,50-51H2,1-2H3,(H,59,60,61);/q;+1/p-1/b23-21+,24-22+;. The number of rotatable bonds is 47. The first-order valence-corrected chi connectivity index (χ1v) is 28.5. The van der Waals surface area contributed by atoms with Crippen LogP contribution in [-0.2, 0) is 19.6 Å². The van der Waals surface area contributed by atoms with Crippen LogP contribution in [0.3, 0.4) is 0 Å². The van der Waals surface area contributed by atoms with E-state index in [2.05, 4.69) is 38.2 Å². The van der Waals surface area contributed by atoms with Gasteiger partial charge in [-0.2, -0.15) is 0 Å². The van der Waals surface area contributed by atoms with E-state index in [1.807, 2.05) is 0 Å². The molecule has 0 aliphatic carbocycles. The van der Waals surface area contributed by atoms with Crippen LogP contribution in [0.2, 0.25) is 0 Å². The molecule has 1 aromatic rings. The summed E-state index contributed by atoms with van der Waals surface area (Å²) in [7, 11) is -5.02. The third-order valence-electron chi connectivity index (χ3n) is 12.5. The second-order valence-corrected chi connectivity index (χ2v) is 19.9. The molecule has 0 unspecified atom stereocenters. The quantitative estimate of drug-likeness (QED) is 0.0210. The molecule has 0 atom stereocenters. The van der Waals surface area contributed by atoms with Crippen LogP contribution in [0, 0.1) is 0 Å². The molecular weight excluding hydrogens is 840 g/mol. The van der Waals surface area contributed by atoms with Crippen molar-refractivity contribution in [3.05, 3.63) is 53.6 Å². The first-order valence-electron chi connectivity index (χ1n) is 27.1. The first kappa shape index (κ1) is 63.5. The maximum absolute atomic E-state index is 13.1. The zero-order chi connectivity index (χ0) is 46.4. The van der Waals surface area contributed by atoms with Gasteiger partial charge in [-0.3, -0.25) is 0 Å². The molecular formula is C56H97NaO7S. The van der Waals surface area contributed by atoms with Gasteiger partial charge in [-0.1, -0.05) is 237 Å². The Kier molecular flexibility index (Phi) is 46.5. The third kappa shape index (κ3) is 39.1. The Morgan fingerprint density at radius 2 is 0.708 bits per heavy atom. The largest absolute Gasteiger partial charge is 1.00 e. The van der Waals surface area contributed by atoms with E-state index in [1.165, 1.54) is 218 Å². The van der Waals surface area contributed by atoms with Crippen LogP contribution < -0.4 is 29.6 Å². The van der Waals surface area contributed by atoms with Gasteiger partial charge in [0.2, 0.25) is 0 Å². The molecule has 9 heteroatoms. The molecule has 0 saturated carbocycles. The summed E-state index contributed by atoms with van der Waals surface area (Å²) >= 11 is 0. The summed E-state index contributed by atoms with van der Waals surface area (Å²) in [4.78, 5) is 25.4. The fraction of sp³-hybridized carbons (Fsp3) is 0.786. The Balaban J connectivity index is 0.0000410. The molecule has 1 rings (SSSR count). The number of unbranched alkanes of at least 4 members (excludes halogenated alkanes) is 36. The molecule has 0 N–H and O–H groups in total. The summed E-state index contributed by atoms with van der Waals surface area (Å²) in [5.41, 5.74) is -0.773. The Morgan fingerprint density at radius 1 is 0.431 bits per heavy atom. The Bertz CT molecular complexity index is 1410. The van der Waals surface area contributed by atoms with Crippen LogP contribution in [0.1, 0.15) is 291 Å². The summed E-state index contributed by atoms with van der Waals surface area (Å²) in [6.45, 7) is 4.79. The van der Waals surface area contributed by atoms with E-state index in [1.54, 1.807) is 0 Å². The molecule has 0 aromatic heterocycles. The predicted molar refractivity (Wildman–Crippen MR) is 269 cm³/mol. The van der Waals surface area contributed by atoms with Gasteiger partial charge >= 0.3 is 41.5 Å². The molecule has 0 fully saturated rings. The van der Waals surface area contributed by atoms with Gasteiger partial charge in [-0.25, -0.2) is 18.0 Å². The van der Waals surface area contributed by atoms with Gasteiger partial charge in [-0.15, -0.1) is 0 Å². The monoisotopic (exact) mass is 937 g/mol. The number of hydrogen-bond acceptors (Lipinski definition) is 7. The van der Waals surface area contributed by atoms with E-state index in [9.17, 15) is 22.6 Å². The van der Waals surface area contributed by atoms with Crippen molar-refractivity contribution in [1.29, 1.82) is 0 Å². The molecule has 0 bridgehead atoms. The van der Waals surface area contributed by atoms with Crippen LogP contribution in [0.4, 0.5) is 0 Å². The van der Waals surface area contributed by atoms with Crippen molar-refractivity contribution in [1.82, 2.24) is 0 Å². The summed E-state index contributed by atoms with van der Waals surface area (Å²) in [5.74, 6) is -1.81. The van der Waals surface area contributed by atoms with E-state index in [-0.39, 0.29) is 48.3 Å². The van der Waals surface area contributed by atoms with Gasteiger partial charge in [0.15, 0.2) is 0 Å². The van der Waals surface area contributed by atoms with Crippen molar-refractivity contribution < 1.29 is 61.6 Å².